The third kappa shape index (κ3) is 1.65. The summed E-state index contributed by atoms with van der Waals surface area (Å²) in [6.07, 6.45) is 2.50. The second kappa shape index (κ2) is 4.05. The van der Waals surface area contributed by atoms with E-state index in [2.05, 4.69) is 35.2 Å². The highest BCUT2D eigenvalue weighted by Crippen LogP contribution is 2.45. The molecule has 19 heavy (non-hydrogen) atoms. The molecule has 4 heterocycles. The van der Waals surface area contributed by atoms with Crippen LogP contribution in [0.2, 0.25) is 0 Å². The van der Waals surface area contributed by atoms with Crippen molar-refractivity contribution in [3.8, 4) is 11.3 Å². The molecule has 0 spiro atoms. The van der Waals surface area contributed by atoms with Gasteiger partial charge in [0.25, 0.3) is 0 Å². The average Bonchev–Trinajstić information content (AvgIpc) is 2.48. The molecule has 1 aromatic carbocycles. The van der Waals surface area contributed by atoms with Gasteiger partial charge in [-0.1, -0.05) is 30.3 Å². The van der Waals surface area contributed by atoms with Crippen molar-refractivity contribution in [3.05, 3.63) is 41.9 Å². The molecule has 2 bridgehead atoms. The van der Waals surface area contributed by atoms with E-state index in [1.54, 1.807) is 0 Å². The molecule has 2 aromatic rings. The Hall–Kier alpha value is -1.90. The lowest BCUT2D eigenvalue weighted by Crippen LogP contribution is -2.40. The normalized spacial score (nSPS) is 17.6. The SMILES string of the molecule is Cc1nc(-c2ccccc2)c2c(n1)C1CCN2CC1. The lowest BCUT2D eigenvalue weighted by Gasteiger charge is -2.42. The number of aromatic nitrogens is 2. The number of benzene rings is 1. The summed E-state index contributed by atoms with van der Waals surface area (Å²) in [5.74, 6) is 1.54. The van der Waals surface area contributed by atoms with Gasteiger partial charge in [-0.15, -0.1) is 0 Å². The summed E-state index contributed by atoms with van der Waals surface area (Å²) in [6, 6.07) is 10.5. The first-order valence-corrected chi connectivity index (χ1v) is 7.02. The average molecular weight is 251 g/mol. The zero-order valence-electron chi connectivity index (χ0n) is 11.1. The standard InChI is InChI=1S/C16H17N3/c1-11-17-14(12-5-3-2-4-6-12)16-15(18-11)13-7-9-19(16)10-8-13/h2-6,13H,7-10H2,1H3. The second-order valence-corrected chi connectivity index (χ2v) is 5.48. The van der Waals surface area contributed by atoms with E-state index in [-0.39, 0.29) is 0 Å². The van der Waals surface area contributed by atoms with Crippen LogP contribution in [0.3, 0.4) is 0 Å². The number of anilines is 1. The molecular formula is C16H17N3. The highest BCUT2D eigenvalue weighted by molar-refractivity contribution is 5.78. The molecule has 0 aliphatic carbocycles. The minimum absolute atomic E-state index is 0.643. The van der Waals surface area contributed by atoms with Crippen LogP contribution in [-0.2, 0) is 0 Å². The fourth-order valence-electron chi connectivity index (χ4n) is 3.36. The molecule has 1 fully saturated rings. The van der Waals surface area contributed by atoms with Crippen LogP contribution in [0.1, 0.15) is 30.3 Å². The van der Waals surface area contributed by atoms with Crippen molar-refractivity contribution in [3.63, 3.8) is 0 Å². The van der Waals surface area contributed by atoms with E-state index in [0.717, 1.165) is 24.6 Å². The minimum atomic E-state index is 0.643. The second-order valence-electron chi connectivity index (χ2n) is 5.48. The van der Waals surface area contributed by atoms with Crippen LogP contribution < -0.4 is 4.90 Å². The third-order valence-corrected chi connectivity index (χ3v) is 4.27. The van der Waals surface area contributed by atoms with Gasteiger partial charge in [-0.2, -0.15) is 0 Å². The number of rotatable bonds is 1. The first-order chi connectivity index (χ1) is 9.33. The van der Waals surface area contributed by atoms with Crippen molar-refractivity contribution >= 4 is 5.69 Å². The number of piperidine rings is 1. The number of fused-ring (bicyclic) bond motifs is 2. The van der Waals surface area contributed by atoms with Gasteiger partial charge in [-0.25, -0.2) is 9.97 Å². The van der Waals surface area contributed by atoms with Gasteiger partial charge in [-0.05, 0) is 19.8 Å². The molecule has 1 aromatic heterocycles. The van der Waals surface area contributed by atoms with Crippen LogP contribution in [0.4, 0.5) is 5.69 Å². The molecule has 3 aliphatic rings. The van der Waals surface area contributed by atoms with Gasteiger partial charge in [0.1, 0.15) is 5.82 Å². The van der Waals surface area contributed by atoms with Gasteiger partial charge in [0.15, 0.2) is 0 Å². The molecule has 0 N–H and O–H groups in total. The smallest absolute Gasteiger partial charge is 0.126 e. The van der Waals surface area contributed by atoms with Crippen molar-refractivity contribution in [2.24, 2.45) is 0 Å². The van der Waals surface area contributed by atoms with Gasteiger partial charge < -0.3 is 4.90 Å². The highest BCUT2D eigenvalue weighted by atomic mass is 15.2. The summed E-state index contributed by atoms with van der Waals surface area (Å²) in [5.41, 5.74) is 4.90. The van der Waals surface area contributed by atoms with E-state index in [4.69, 9.17) is 9.97 Å². The number of nitrogens with zero attached hydrogens (tertiary/aromatic N) is 3. The van der Waals surface area contributed by atoms with Crippen molar-refractivity contribution in [2.45, 2.75) is 25.7 Å². The zero-order chi connectivity index (χ0) is 12.8. The predicted molar refractivity (Wildman–Crippen MR) is 76.4 cm³/mol. The van der Waals surface area contributed by atoms with Crippen molar-refractivity contribution in [1.29, 1.82) is 0 Å². The first kappa shape index (κ1) is 11.0. The fourth-order valence-corrected chi connectivity index (χ4v) is 3.36. The Bertz CT molecular complexity index is 613. The quantitative estimate of drug-likeness (QED) is 0.779. The summed E-state index contributed by atoms with van der Waals surface area (Å²) in [6.45, 7) is 4.32. The van der Waals surface area contributed by atoms with Crippen LogP contribution in [0, 0.1) is 6.92 Å². The van der Waals surface area contributed by atoms with E-state index >= 15 is 0 Å². The predicted octanol–water partition coefficient (Wildman–Crippen LogP) is 3.15. The molecule has 0 saturated carbocycles. The third-order valence-electron chi connectivity index (χ3n) is 4.27. The van der Waals surface area contributed by atoms with Gasteiger partial charge in [0.05, 0.1) is 17.1 Å². The van der Waals surface area contributed by atoms with Gasteiger partial charge >= 0.3 is 0 Å². The summed E-state index contributed by atoms with van der Waals surface area (Å²) in [5, 5.41) is 0. The summed E-state index contributed by atoms with van der Waals surface area (Å²) < 4.78 is 0. The van der Waals surface area contributed by atoms with E-state index in [9.17, 15) is 0 Å². The van der Waals surface area contributed by atoms with Crippen LogP contribution >= 0.6 is 0 Å². The Balaban J connectivity index is 1.97. The van der Waals surface area contributed by atoms with Gasteiger partial charge in [-0.3, -0.25) is 0 Å². The van der Waals surface area contributed by atoms with E-state index < -0.39 is 0 Å². The van der Waals surface area contributed by atoms with Crippen LogP contribution in [0.5, 0.6) is 0 Å². The number of aryl methyl sites for hydroxylation is 1. The maximum atomic E-state index is 4.73. The number of hydrogen-bond acceptors (Lipinski definition) is 3. The topological polar surface area (TPSA) is 29.0 Å². The Morgan fingerprint density at radius 2 is 1.79 bits per heavy atom. The molecule has 0 radical (unpaired) electrons. The molecule has 0 atom stereocenters. The maximum Gasteiger partial charge on any atom is 0.126 e. The van der Waals surface area contributed by atoms with E-state index in [1.807, 2.05) is 6.92 Å². The molecular weight excluding hydrogens is 234 g/mol. The van der Waals surface area contributed by atoms with Crippen molar-refractivity contribution in [1.82, 2.24) is 9.97 Å². The van der Waals surface area contributed by atoms with Crippen LogP contribution in [0.15, 0.2) is 30.3 Å². The van der Waals surface area contributed by atoms with Crippen molar-refractivity contribution in [2.75, 3.05) is 18.0 Å². The monoisotopic (exact) mass is 251 g/mol. The first-order valence-electron chi connectivity index (χ1n) is 7.02. The fraction of sp³-hybridized carbons (Fsp3) is 0.375. The zero-order valence-corrected chi connectivity index (χ0v) is 11.1. The molecule has 0 amide bonds. The minimum Gasteiger partial charge on any atom is -0.368 e. The molecule has 3 nitrogen and oxygen atoms in total. The Morgan fingerprint density at radius 3 is 2.53 bits per heavy atom. The van der Waals surface area contributed by atoms with Crippen LogP contribution in [0.25, 0.3) is 11.3 Å². The van der Waals surface area contributed by atoms with Crippen LogP contribution in [-0.4, -0.2) is 23.1 Å². The van der Waals surface area contributed by atoms with E-state index in [1.165, 1.54) is 29.8 Å². The lowest BCUT2D eigenvalue weighted by molar-refractivity contribution is 0.461. The maximum absolute atomic E-state index is 4.73. The summed E-state index contributed by atoms with van der Waals surface area (Å²) >= 11 is 0. The van der Waals surface area contributed by atoms with Gasteiger partial charge in [0, 0.05) is 24.6 Å². The molecule has 3 heteroatoms. The largest absolute Gasteiger partial charge is 0.368 e. The Kier molecular flexibility index (Phi) is 2.34. The summed E-state index contributed by atoms with van der Waals surface area (Å²) in [4.78, 5) is 11.9. The van der Waals surface area contributed by atoms with Crippen molar-refractivity contribution < 1.29 is 0 Å². The molecule has 3 aliphatic heterocycles. The van der Waals surface area contributed by atoms with E-state index in [0.29, 0.717) is 5.92 Å². The summed E-state index contributed by atoms with van der Waals surface area (Å²) in [7, 11) is 0. The Morgan fingerprint density at radius 1 is 1.05 bits per heavy atom. The number of hydrogen-bond donors (Lipinski definition) is 0. The molecule has 0 unspecified atom stereocenters. The molecule has 5 rings (SSSR count). The van der Waals surface area contributed by atoms with Gasteiger partial charge in [0.2, 0.25) is 0 Å². The molecule has 1 saturated heterocycles. The highest BCUT2D eigenvalue weighted by Gasteiger charge is 2.34. The Labute approximate surface area is 113 Å². The molecule has 96 valence electrons. The lowest BCUT2D eigenvalue weighted by atomic mass is 9.85.